The average molecular weight is 139 g/mol. The molecule has 0 aliphatic heterocycles. The first-order chi connectivity index (χ1) is 4.85. The van der Waals surface area contributed by atoms with E-state index in [-0.39, 0.29) is 6.17 Å². The fourth-order valence-corrected chi connectivity index (χ4v) is 0.467. The van der Waals surface area contributed by atoms with Crippen LogP contribution in [0.25, 0.3) is 0 Å². The zero-order valence-corrected chi connectivity index (χ0v) is 5.76. The van der Waals surface area contributed by atoms with Crippen LogP contribution in [-0.4, -0.2) is 19.1 Å². The number of amides is 1. The summed E-state index contributed by atoms with van der Waals surface area (Å²) < 4.78 is 0. The maximum Gasteiger partial charge on any atom is 0.310 e. The molecule has 0 spiro atoms. The van der Waals surface area contributed by atoms with E-state index in [1.54, 1.807) is 18.6 Å². The van der Waals surface area contributed by atoms with Crippen molar-refractivity contribution in [1.82, 2.24) is 10.6 Å². The third-order valence-electron chi connectivity index (χ3n) is 0.932. The Hall–Kier alpha value is -1.09. The summed E-state index contributed by atoms with van der Waals surface area (Å²) in [5.41, 5.74) is 0. The molecule has 0 saturated heterocycles. The molecule has 0 rings (SSSR count). The van der Waals surface area contributed by atoms with Gasteiger partial charge in [-0.05, 0) is 0 Å². The Balaban J connectivity index is 3.47. The molecule has 1 unspecified atom stereocenters. The quantitative estimate of drug-likeness (QED) is 0.307. The molecular weight excluding hydrogens is 128 g/mol. The molecule has 0 bridgehead atoms. The van der Waals surface area contributed by atoms with Crippen LogP contribution in [0.15, 0.2) is 25.3 Å². The largest absolute Gasteiger partial charge is 0.329 e. The molecule has 0 aromatic heterocycles. The molecule has 1 amide bonds. The number of hydrogen-bond acceptors (Lipinski definition) is 2. The number of carbonyl (C=O) groups excluding carboxylic acids is 1. The minimum atomic E-state index is -0.213. The molecule has 0 heterocycles. The minimum absolute atomic E-state index is 0.213. The second-order valence-electron chi connectivity index (χ2n) is 1.66. The molecule has 1 atom stereocenters. The molecule has 0 saturated carbocycles. The van der Waals surface area contributed by atoms with Gasteiger partial charge in [-0.2, -0.15) is 0 Å². The van der Waals surface area contributed by atoms with Crippen LogP contribution in [0.2, 0.25) is 0 Å². The second kappa shape index (κ2) is 6.04. The summed E-state index contributed by atoms with van der Waals surface area (Å²) in [5.74, 6) is 0. The number of rotatable bonds is 6. The highest BCUT2D eigenvalue weighted by Crippen LogP contribution is 1.75. The van der Waals surface area contributed by atoms with Crippen molar-refractivity contribution in [2.24, 2.45) is 0 Å². The SMILES string of the molecule is C=CCNC(C=C)N[C]=O. The van der Waals surface area contributed by atoms with Crippen molar-refractivity contribution in [3.8, 4) is 0 Å². The Morgan fingerprint density at radius 3 is 2.70 bits per heavy atom. The summed E-state index contributed by atoms with van der Waals surface area (Å²) in [4.78, 5) is 9.79. The van der Waals surface area contributed by atoms with Gasteiger partial charge in [-0.1, -0.05) is 18.7 Å². The minimum Gasteiger partial charge on any atom is -0.329 e. The fraction of sp³-hybridized carbons (Fsp3) is 0.286. The first-order valence-corrected chi connectivity index (χ1v) is 2.94. The van der Waals surface area contributed by atoms with Crippen molar-refractivity contribution in [1.29, 1.82) is 0 Å². The molecule has 3 nitrogen and oxygen atoms in total. The Labute approximate surface area is 60.8 Å². The van der Waals surface area contributed by atoms with Crippen LogP contribution in [0.3, 0.4) is 0 Å². The van der Waals surface area contributed by atoms with Crippen molar-refractivity contribution >= 4 is 6.41 Å². The molecule has 0 aromatic rings. The van der Waals surface area contributed by atoms with Gasteiger partial charge in [0.15, 0.2) is 0 Å². The molecule has 55 valence electrons. The van der Waals surface area contributed by atoms with Gasteiger partial charge in [0.25, 0.3) is 0 Å². The van der Waals surface area contributed by atoms with Crippen LogP contribution in [0.1, 0.15) is 0 Å². The Morgan fingerprint density at radius 1 is 1.60 bits per heavy atom. The van der Waals surface area contributed by atoms with E-state index in [1.165, 1.54) is 0 Å². The molecule has 3 heteroatoms. The predicted octanol–water partition coefficient (Wildman–Crippen LogP) is -0.0691. The van der Waals surface area contributed by atoms with Gasteiger partial charge < -0.3 is 5.32 Å². The molecule has 1 radical (unpaired) electrons. The topological polar surface area (TPSA) is 41.1 Å². The van der Waals surface area contributed by atoms with Crippen LogP contribution in [0.5, 0.6) is 0 Å². The van der Waals surface area contributed by atoms with E-state index in [9.17, 15) is 4.79 Å². The second-order valence-corrected chi connectivity index (χ2v) is 1.66. The first-order valence-electron chi connectivity index (χ1n) is 2.94. The molecule has 0 aliphatic rings. The third kappa shape index (κ3) is 3.86. The van der Waals surface area contributed by atoms with E-state index in [0.29, 0.717) is 6.54 Å². The van der Waals surface area contributed by atoms with Gasteiger partial charge in [-0.3, -0.25) is 10.1 Å². The smallest absolute Gasteiger partial charge is 0.310 e. The maximum atomic E-state index is 9.79. The van der Waals surface area contributed by atoms with Crippen LogP contribution in [-0.2, 0) is 4.79 Å². The molecule has 0 aromatic carbocycles. The van der Waals surface area contributed by atoms with Gasteiger partial charge in [0, 0.05) is 6.54 Å². The van der Waals surface area contributed by atoms with Gasteiger partial charge in [-0.15, -0.1) is 6.58 Å². The zero-order chi connectivity index (χ0) is 7.82. The average Bonchev–Trinajstić information content (AvgIpc) is 1.98. The van der Waals surface area contributed by atoms with Crippen LogP contribution in [0.4, 0.5) is 0 Å². The lowest BCUT2D eigenvalue weighted by Crippen LogP contribution is -2.39. The summed E-state index contributed by atoms with van der Waals surface area (Å²) in [5, 5.41) is 5.29. The lowest BCUT2D eigenvalue weighted by molar-refractivity contribution is 0.516. The predicted molar refractivity (Wildman–Crippen MR) is 41.0 cm³/mol. The molecule has 0 aliphatic carbocycles. The van der Waals surface area contributed by atoms with Gasteiger partial charge in [0.05, 0.1) is 6.17 Å². The molecule has 10 heavy (non-hydrogen) atoms. The normalized spacial score (nSPS) is 11.6. The third-order valence-corrected chi connectivity index (χ3v) is 0.932. The summed E-state index contributed by atoms with van der Waals surface area (Å²) in [6.07, 6.45) is 4.62. The zero-order valence-electron chi connectivity index (χ0n) is 5.76. The van der Waals surface area contributed by atoms with E-state index < -0.39 is 0 Å². The highest BCUT2D eigenvalue weighted by molar-refractivity contribution is 5.48. The summed E-state index contributed by atoms with van der Waals surface area (Å²) in [6, 6.07) is 0. The number of nitrogens with one attached hydrogen (secondary N) is 2. The van der Waals surface area contributed by atoms with Crippen molar-refractivity contribution in [2.75, 3.05) is 6.54 Å². The van der Waals surface area contributed by atoms with Crippen molar-refractivity contribution in [2.45, 2.75) is 6.17 Å². The lowest BCUT2D eigenvalue weighted by Gasteiger charge is -2.09. The fourth-order valence-electron chi connectivity index (χ4n) is 0.467. The highest BCUT2D eigenvalue weighted by Gasteiger charge is 1.96. The highest BCUT2D eigenvalue weighted by atomic mass is 16.1. The van der Waals surface area contributed by atoms with Gasteiger partial charge in [0.2, 0.25) is 0 Å². The maximum absolute atomic E-state index is 9.79. The van der Waals surface area contributed by atoms with Crippen LogP contribution >= 0.6 is 0 Å². The van der Waals surface area contributed by atoms with Crippen molar-refractivity contribution in [3.63, 3.8) is 0 Å². The summed E-state index contributed by atoms with van der Waals surface area (Å²) in [7, 11) is 0. The monoisotopic (exact) mass is 139 g/mol. The van der Waals surface area contributed by atoms with Crippen molar-refractivity contribution in [3.05, 3.63) is 25.3 Å². The summed E-state index contributed by atoms with van der Waals surface area (Å²) in [6.45, 7) is 7.63. The Morgan fingerprint density at radius 2 is 2.30 bits per heavy atom. The van der Waals surface area contributed by atoms with Gasteiger partial charge in [0.1, 0.15) is 0 Å². The summed E-state index contributed by atoms with van der Waals surface area (Å²) >= 11 is 0. The standard InChI is InChI=1S/C7H11N2O/c1-3-5-8-7(4-2)9-6-10/h3-4,7-8H,1-2,5H2,(H,9,10). The molecule has 0 fully saturated rings. The van der Waals surface area contributed by atoms with Crippen LogP contribution in [0, 0.1) is 0 Å². The van der Waals surface area contributed by atoms with Gasteiger partial charge >= 0.3 is 6.41 Å². The van der Waals surface area contributed by atoms with Crippen molar-refractivity contribution < 1.29 is 4.79 Å². The van der Waals surface area contributed by atoms with E-state index in [2.05, 4.69) is 23.8 Å². The Bertz CT molecular complexity index is 123. The lowest BCUT2D eigenvalue weighted by atomic mass is 10.4. The van der Waals surface area contributed by atoms with Gasteiger partial charge in [-0.25, -0.2) is 0 Å². The van der Waals surface area contributed by atoms with E-state index >= 15 is 0 Å². The first kappa shape index (κ1) is 8.91. The Kier molecular flexibility index (Phi) is 5.38. The van der Waals surface area contributed by atoms with E-state index in [1.807, 2.05) is 0 Å². The molecular formula is C7H11N2O. The van der Waals surface area contributed by atoms with E-state index in [0.717, 1.165) is 0 Å². The van der Waals surface area contributed by atoms with Crippen LogP contribution < -0.4 is 10.6 Å². The van der Waals surface area contributed by atoms with E-state index in [4.69, 9.17) is 0 Å². The number of hydrogen-bond donors (Lipinski definition) is 2. The molecule has 2 N–H and O–H groups in total.